The first-order valence-electron chi connectivity index (χ1n) is 7.34. The number of rotatable bonds is 4. The molecule has 0 saturated carbocycles. The number of hydrogen-bond acceptors (Lipinski definition) is 5. The SMILES string of the molecule is Cc1cccc(S(=O)(=O)N2CCS[C@H]2c2ccc([N+](=O)[O-])cc2)c1. The Morgan fingerprint density at radius 3 is 2.54 bits per heavy atom. The third kappa shape index (κ3) is 3.17. The van der Waals surface area contributed by atoms with E-state index in [-0.39, 0.29) is 16.0 Å². The number of nitro benzene ring substituents is 1. The van der Waals surface area contributed by atoms with Gasteiger partial charge in [0.15, 0.2) is 0 Å². The summed E-state index contributed by atoms with van der Waals surface area (Å²) in [5.41, 5.74) is 1.63. The minimum absolute atomic E-state index is 0.00478. The lowest BCUT2D eigenvalue weighted by Gasteiger charge is -2.23. The van der Waals surface area contributed by atoms with E-state index in [0.29, 0.717) is 12.3 Å². The maximum Gasteiger partial charge on any atom is 0.269 e. The topological polar surface area (TPSA) is 80.5 Å². The molecule has 6 nitrogen and oxygen atoms in total. The molecule has 0 amide bonds. The molecule has 1 heterocycles. The van der Waals surface area contributed by atoms with Crippen LogP contribution in [0.25, 0.3) is 0 Å². The van der Waals surface area contributed by atoms with Crippen LogP contribution >= 0.6 is 11.8 Å². The van der Waals surface area contributed by atoms with Gasteiger partial charge in [-0.3, -0.25) is 10.1 Å². The average Bonchev–Trinajstić information content (AvgIpc) is 3.05. The van der Waals surface area contributed by atoms with Crippen molar-refractivity contribution in [1.82, 2.24) is 4.31 Å². The largest absolute Gasteiger partial charge is 0.269 e. The number of nitro groups is 1. The number of non-ortho nitro benzene ring substituents is 1. The fraction of sp³-hybridized carbons (Fsp3) is 0.250. The van der Waals surface area contributed by atoms with E-state index in [1.165, 1.54) is 28.2 Å². The van der Waals surface area contributed by atoms with Crippen molar-refractivity contribution in [3.8, 4) is 0 Å². The number of nitrogens with zero attached hydrogens (tertiary/aromatic N) is 2. The molecular formula is C16H16N2O4S2. The van der Waals surface area contributed by atoms with Gasteiger partial charge in [0.25, 0.3) is 5.69 Å². The van der Waals surface area contributed by atoms with Gasteiger partial charge in [-0.25, -0.2) is 8.42 Å². The van der Waals surface area contributed by atoms with Crippen molar-refractivity contribution in [3.05, 3.63) is 69.8 Å². The van der Waals surface area contributed by atoms with Gasteiger partial charge in [0.1, 0.15) is 0 Å². The smallest absolute Gasteiger partial charge is 0.258 e. The fourth-order valence-electron chi connectivity index (χ4n) is 2.64. The molecule has 0 unspecified atom stereocenters. The molecule has 0 N–H and O–H groups in total. The highest BCUT2D eigenvalue weighted by Crippen LogP contribution is 2.41. The summed E-state index contributed by atoms with van der Waals surface area (Å²) in [5.74, 6) is 0.687. The highest BCUT2D eigenvalue weighted by atomic mass is 32.2. The predicted molar refractivity (Wildman–Crippen MR) is 93.4 cm³/mol. The van der Waals surface area contributed by atoms with Gasteiger partial charge in [-0.1, -0.05) is 12.1 Å². The Labute approximate surface area is 144 Å². The molecule has 1 aliphatic heterocycles. The van der Waals surface area contributed by atoms with Crippen LogP contribution < -0.4 is 0 Å². The normalized spacial score (nSPS) is 18.6. The minimum atomic E-state index is -3.61. The molecule has 8 heteroatoms. The molecule has 1 atom stereocenters. The molecule has 3 rings (SSSR count). The standard InChI is InChI=1S/C16H16N2O4S2/c1-12-3-2-4-15(11-12)24(21,22)17-9-10-23-16(17)13-5-7-14(8-6-13)18(19)20/h2-8,11,16H,9-10H2,1H3/t16-/m0/s1. The number of thioether (sulfide) groups is 1. The van der Waals surface area contributed by atoms with Gasteiger partial charge in [0.2, 0.25) is 10.0 Å². The summed E-state index contributed by atoms with van der Waals surface area (Å²) < 4.78 is 27.4. The summed E-state index contributed by atoms with van der Waals surface area (Å²) in [6.07, 6.45) is 0. The molecule has 24 heavy (non-hydrogen) atoms. The van der Waals surface area contributed by atoms with Crippen molar-refractivity contribution in [1.29, 1.82) is 0 Å². The van der Waals surface area contributed by atoms with E-state index in [4.69, 9.17) is 0 Å². The summed E-state index contributed by atoms with van der Waals surface area (Å²) >= 11 is 1.52. The van der Waals surface area contributed by atoms with Gasteiger partial charge in [0, 0.05) is 24.4 Å². The highest BCUT2D eigenvalue weighted by Gasteiger charge is 2.36. The third-order valence-corrected chi connectivity index (χ3v) is 7.09. The van der Waals surface area contributed by atoms with Gasteiger partial charge >= 0.3 is 0 Å². The van der Waals surface area contributed by atoms with Crippen LogP contribution in [0.5, 0.6) is 0 Å². The zero-order valence-corrected chi connectivity index (χ0v) is 14.6. The molecule has 2 aromatic carbocycles. The molecule has 0 bridgehead atoms. The molecular weight excluding hydrogens is 348 g/mol. The lowest BCUT2D eigenvalue weighted by molar-refractivity contribution is -0.384. The van der Waals surface area contributed by atoms with Crippen molar-refractivity contribution in [2.24, 2.45) is 0 Å². The Kier molecular flexibility index (Phi) is 4.62. The second-order valence-corrected chi connectivity index (χ2v) is 8.58. The van der Waals surface area contributed by atoms with Crippen molar-refractivity contribution >= 4 is 27.5 Å². The van der Waals surface area contributed by atoms with Crippen LogP contribution in [0.2, 0.25) is 0 Å². The van der Waals surface area contributed by atoms with Crippen LogP contribution in [0.4, 0.5) is 5.69 Å². The van der Waals surface area contributed by atoms with Gasteiger partial charge in [-0.05, 0) is 42.3 Å². The molecule has 1 saturated heterocycles. The zero-order valence-electron chi connectivity index (χ0n) is 13.0. The van der Waals surface area contributed by atoms with Crippen LogP contribution in [0, 0.1) is 17.0 Å². The van der Waals surface area contributed by atoms with Crippen molar-refractivity contribution in [2.45, 2.75) is 17.2 Å². The second kappa shape index (κ2) is 6.54. The first kappa shape index (κ1) is 16.9. The maximum atomic E-state index is 12.9. The third-order valence-electron chi connectivity index (χ3n) is 3.83. The van der Waals surface area contributed by atoms with E-state index in [1.807, 2.05) is 13.0 Å². The fourth-order valence-corrected chi connectivity index (χ4v) is 5.98. The monoisotopic (exact) mass is 364 g/mol. The summed E-state index contributed by atoms with van der Waals surface area (Å²) in [6, 6.07) is 12.9. The Balaban J connectivity index is 1.94. The molecule has 1 fully saturated rings. The van der Waals surface area contributed by atoms with E-state index in [0.717, 1.165) is 11.1 Å². The molecule has 126 valence electrons. The Hall–Kier alpha value is -1.90. The van der Waals surface area contributed by atoms with E-state index < -0.39 is 14.9 Å². The lowest BCUT2D eigenvalue weighted by atomic mass is 10.2. The lowest BCUT2D eigenvalue weighted by Crippen LogP contribution is -2.30. The number of aryl methyl sites for hydroxylation is 1. The average molecular weight is 364 g/mol. The first-order valence-corrected chi connectivity index (χ1v) is 9.83. The highest BCUT2D eigenvalue weighted by molar-refractivity contribution is 8.01. The Bertz CT molecular complexity index is 866. The molecule has 0 spiro atoms. The summed E-state index contributed by atoms with van der Waals surface area (Å²) in [5, 5.41) is 10.4. The van der Waals surface area contributed by atoms with Crippen LogP contribution in [0.3, 0.4) is 0 Å². The summed E-state index contributed by atoms with van der Waals surface area (Å²) in [4.78, 5) is 10.6. The van der Waals surface area contributed by atoms with E-state index in [9.17, 15) is 18.5 Å². The van der Waals surface area contributed by atoms with Gasteiger partial charge in [-0.2, -0.15) is 4.31 Å². The summed E-state index contributed by atoms with van der Waals surface area (Å²) in [7, 11) is -3.61. The molecule has 2 aromatic rings. The van der Waals surface area contributed by atoms with E-state index in [1.54, 1.807) is 30.3 Å². The Morgan fingerprint density at radius 1 is 1.21 bits per heavy atom. The van der Waals surface area contributed by atoms with Crippen LogP contribution in [-0.4, -0.2) is 29.9 Å². The maximum absolute atomic E-state index is 12.9. The van der Waals surface area contributed by atoms with Gasteiger partial charge < -0.3 is 0 Å². The summed E-state index contributed by atoms with van der Waals surface area (Å²) in [6.45, 7) is 2.27. The molecule has 0 radical (unpaired) electrons. The predicted octanol–water partition coefficient (Wildman–Crippen LogP) is 3.34. The Morgan fingerprint density at radius 2 is 1.92 bits per heavy atom. The van der Waals surface area contributed by atoms with Crippen molar-refractivity contribution in [3.63, 3.8) is 0 Å². The van der Waals surface area contributed by atoms with Gasteiger partial charge in [0.05, 0.1) is 15.2 Å². The van der Waals surface area contributed by atoms with Gasteiger partial charge in [-0.15, -0.1) is 11.8 Å². The molecule has 0 aromatic heterocycles. The van der Waals surface area contributed by atoms with Crippen molar-refractivity contribution in [2.75, 3.05) is 12.3 Å². The van der Waals surface area contributed by atoms with E-state index in [2.05, 4.69) is 0 Å². The second-order valence-electron chi connectivity index (χ2n) is 5.50. The number of hydrogen-bond donors (Lipinski definition) is 0. The van der Waals surface area contributed by atoms with Crippen molar-refractivity contribution < 1.29 is 13.3 Å². The first-order chi connectivity index (χ1) is 11.4. The van der Waals surface area contributed by atoms with Crippen LogP contribution in [0.15, 0.2) is 53.4 Å². The minimum Gasteiger partial charge on any atom is -0.258 e. The zero-order chi connectivity index (χ0) is 17.3. The number of benzene rings is 2. The quantitative estimate of drug-likeness (QED) is 0.614. The molecule has 0 aliphatic carbocycles. The van der Waals surface area contributed by atoms with Crippen LogP contribution in [-0.2, 0) is 10.0 Å². The van der Waals surface area contributed by atoms with Crippen LogP contribution in [0.1, 0.15) is 16.5 Å². The van der Waals surface area contributed by atoms with E-state index >= 15 is 0 Å². The number of sulfonamides is 1. The molecule has 1 aliphatic rings.